The van der Waals surface area contributed by atoms with Crippen LogP contribution in [0.15, 0.2) is 0 Å². The van der Waals surface area contributed by atoms with Crippen molar-refractivity contribution in [1.29, 1.82) is 0 Å². The number of esters is 1. The Bertz CT molecular complexity index is 155. The van der Waals surface area contributed by atoms with Gasteiger partial charge in [0.2, 0.25) is 0 Å². The van der Waals surface area contributed by atoms with Crippen LogP contribution in [0.2, 0.25) is 0 Å². The van der Waals surface area contributed by atoms with Crippen molar-refractivity contribution >= 4 is 5.97 Å². The Morgan fingerprint density at radius 3 is 2.21 bits per heavy atom. The highest BCUT2D eigenvalue weighted by atomic mass is 16.5. The summed E-state index contributed by atoms with van der Waals surface area (Å²) in [6.45, 7) is 7.18. The first-order valence-electron chi connectivity index (χ1n) is 5.52. The smallest absolute Gasteiger partial charge is 0.323 e. The third-order valence-corrected chi connectivity index (χ3v) is 2.59. The lowest BCUT2D eigenvalue weighted by atomic mass is 9.94. The quantitative estimate of drug-likeness (QED) is 0.640. The second kappa shape index (κ2) is 7.80. The SMILES string of the molecule is CCCNC(C(=O)OC)C(CC)CC. The van der Waals surface area contributed by atoms with Gasteiger partial charge in [-0.25, -0.2) is 0 Å². The van der Waals surface area contributed by atoms with Crippen LogP contribution >= 0.6 is 0 Å². The molecule has 1 N–H and O–H groups in total. The summed E-state index contributed by atoms with van der Waals surface area (Å²) in [5, 5.41) is 3.25. The minimum absolute atomic E-state index is 0.130. The molecule has 0 aliphatic heterocycles. The van der Waals surface area contributed by atoms with Crippen molar-refractivity contribution in [2.75, 3.05) is 13.7 Å². The van der Waals surface area contributed by atoms with Crippen molar-refractivity contribution in [3.8, 4) is 0 Å². The molecule has 14 heavy (non-hydrogen) atoms. The molecule has 1 atom stereocenters. The van der Waals surface area contributed by atoms with Gasteiger partial charge in [-0.2, -0.15) is 0 Å². The minimum atomic E-state index is -0.132. The maximum absolute atomic E-state index is 11.5. The summed E-state index contributed by atoms with van der Waals surface area (Å²) in [5.41, 5.74) is 0. The van der Waals surface area contributed by atoms with Crippen molar-refractivity contribution in [3.63, 3.8) is 0 Å². The van der Waals surface area contributed by atoms with E-state index in [0.717, 1.165) is 25.8 Å². The molecule has 0 bridgehead atoms. The largest absolute Gasteiger partial charge is 0.468 e. The number of carbonyl (C=O) groups is 1. The Labute approximate surface area is 87.2 Å². The van der Waals surface area contributed by atoms with E-state index in [-0.39, 0.29) is 12.0 Å². The Kier molecular flexibility index (Phi) is 7.48. The van der Waals surface area contributed by atoms with Crippen LogP contribution in [0.1, 0.15) is 40.0 Å². The van der Waals surface area contributed by atoms with Gasteiger partial charge >= 0.3 is 5.97 Å². The monoisotopic (exact) mass is 201 g/mol. The van der Waals surface area contributed by atoms with Crippen LogP contribution in [-0.4, -0.2) is 25.7 Å². The Hall–Kier alpha value is -0.570. The molecule has 84 valence electrons. The van der Waals surface area contributed by atoms with Gasteiger partial charge < -0.3 is 10.1 Å². The van der Waals surface area contributed by atoms with Crippen LogP contribution in [0.3, 0.4) is 0 Å². The van der Waals surface area contributed by atoms with Gasteiger partial charge in [-0.15, -0.1) is 0 Å². The van der Waals surface area contributed by atoms with Crippen molar-refractivity contribution in [1.82, 2.24) is 5.32 Å². The number of hydrogen-bond acceptors (Lipinski definition) is 3. The van der Waals surface area contributed by atoms with E-state index in [9.17, 15) is 4.79 Å². The first kappa shape index (κ1) is 13.4. The zero-order valence-corrected chi connectivity index (χ0v) is 9.80. The lowest BCUT2D eigenvalue weighted by molar-refractivity contribution is -0.144. The predicted octanol–water partition coefficient (Wildman–Crippen LogP) is 1.96. The van der Waals surface area contributed by atoms with E-state index in [1.54, 1.807) is 0 Å². The van der Waals surface area contributed by atoms with E-state index >= 15 is 0 Å². The molecule has 0 amide bonds. The zero-order chi connectivity index (χ0) is 11.0. The Balaban J connectivity index is 4.27. The van der Waals surface area contributed by atoms with Gasteiger partial charge in [-0.1, -0.05) is 33.6 Å². The molecular formula is C11H23NO2. The van der Waals surface area contributed by atoms with Gasteiger partial charge in [-0.05, 0) is 18.9 Å². The fourth-order valence-electron chi connectivity index (χ4n) is 1.63. The molecule has 3 heteroatoms. The highest BCUT2D eigenvalue weighted by molar-refractivity contribution is 5.76. The second-order valence-electron chi connectivity index (χ2n) is 3.53. The number of nitrogens with one attached hydrogen (secondary N) is 1. The highest BCUT2D eigenvalue weighted by Gasteiger charge is 2.25. The molecule has 0 saturated heterocycles. The molecule has 0 spiro atoms. The molecule has 0 saturated carbocycles. The van der Waals surface area contributed by atoms with Crippen molar-refractivity contribution in [3.05, 3.63) is 0 Å². The third kappa shape index (κ3) is 4.09. The summed E-state index contributed by atoms with van der Waals surface area (Å²) >= 11 is 0. The molecular weight excluding hydrogens is 178 g/mol. The summed E-state index contributed by atoms with van der Waals surface area (Å²) in [6, 6.07) is -0.130. The number of methoxy groups -OCH3 is 1. The van der Waals surface area contributed by atoms with E-state index in [2.05, 4.69) is 26.1 Å². The fraction of sp³-hybridized carbons (Fsp3) is 0.909. The molecule has 0 radical (unpaired) electrons. The lowest BCUT2D eigenvalue weighted by Gasteiger charge is -2.23. The molecule has 0 fully saturated rings. The van der Waals surface area contributed by atoms with E-state index in [1.165, 1.54) is 7.11 Å². The first-order valence-corrected chi connectivity index (χ1v) is 5.52. The second-order valence-corrected chi connectivity index (χ2v) is 3.53. The third-order valence-electron chi connectivity index (χ3n) is 2.59. The normalized spacial score (nSPS) is 12.9. The van der Waals surface area contributed by atoms with Gasteiger partial charge in [0.1, 0.15) is 6.04 Å². The highest BCUT2D eigenvalue weighted by Crippen LogP contribution is 2.14. The number of carbonyl (C=O) groups excluding carboxylic acids is 1. The maximum atomic E-state index is 11.5. The molecule has 0 aromatic rings. The number of hydrogen-bond donors (Lipinski definition) is 1. The van der Waals surface area contributed by atoms with Gasteiger partial charge in [0.25, 0.3) is 0 Å². The van der Waals surface area contributed by atoms with E-state index in [4.69, 9.17) is 4.74 Å². The van der Waals surface area contributed by atoms with Gasteiger partial charge in [0, 0.05) is 0 Å². The Morgan fingerprint density at radius 2 is 1.86 bits per heavy atom. The zero-order valence-electron chi connectivity index (χ0n) is 9.80. The van der Waals surface area contributed by atoms with Gasteiger partial charge in [0.05, 0.1) is 7.11 Å². The predicted molar refractivity (Wildman–Crippen MR) is 58.2 cm³/mol. The lowest BCUT2D eigenvalue weighted by Crippen LogP contribution is -2.43. The molecule has 3 nitrogen and oxygen atoms in total. The van der Waals surface area contributed by atoms with Crippen LogP contribution in [0.4, 0.5) is 0 Å². The Morgan fingerprint density at radius 1 is 1.29 bits per heavy atom. The maximum Gasteiger partial charge on any atom is 0.323 e. The van der Waals surface area contributed by atoms with Crippen LogP contribution < -0.4 is 5.32 Å². The summed E-state index contributed by atoms with van der Waals surface area (Å²) in [7, 11) is 1.45. The molecule has 0 heterocycles. The number of rotatable bonds is 7. The summed E-state index contributed by atoms with van der Waals surface area (Å²) in [5.74, 6) is 0.251. The molecule has 1 unspecified atom stereocenters. The standard InChI is InChI=1S/C11H23NO2/c1-5-8-12-10(11(13)14-4)9(6-2)7-3/h9-10,12H,5-8H2,1-4H3. The van der Waals surface area contributed by atoms with E-state index < -0.39 is 0 Å². The fourth-order valence-corrected chi connectivity index (χ4v) is 1.63. The van der Waals surface area contributed by atoms with E-state index in [1.807, 2.05) is 0 Å². The molecule has 0 aliphatic rings. The molecule has 0 rings (SSSR count). The molecule has 0 aromatic carbocycles. The van der Waals surface area contributed by atoms with Crippen LogP contribution in [0.25, 0.3) is 0 Å². The topological polar surface area (TPSA) is 38.3 Å². The summed E-state index contributed by atoms with van der Waals surface area (Å²) in [6.07, 6.45) is 3.05. The van der Waals surface area contributed by atoms with Crippen LogP contribution in [0.5, 0.6) is 0 Å². The number of ether oxygens (including phenoxy) is 1. The van der Waals surface area contributed by atoms with Crippen molar-refractivity contribution < 1.29 is 9.53 Å². The summed E-state index contributed by atoms with van der Waals surface area (Å²) < 4.78 is 4.79. The molecule has 0 aromatic heterocycles. The molecule has 0 aliphatic carbocycles. The first-order chi connectivity index (χ1) is 6.71. The summed E-state index contributed by atoms with van der Waals surface area (Å²) in [4.78, 5) is 11.5. The van der Waals surface area contributed by atoms with Crippen molar-refractivity contribution in [2.45, 2.75) is 46.1 Å². The van der Waals surface area contributed by atoms with Crippen LogP contribution in [0, 0.1) is 5.92 Å². The van der Waals surface area contributed by atoms with E-state index in [0.29, 0.717) is 5.92 Å². The van der Waals surface area contributed by atoms with Gasteiger partial charge in [0.15, 0.2) is 0 Å². The van der Waals surface area contributed by atoms with Crippen LogP contribution in [-0.2, 0) is 9.53 Å². The average Bonchev–Trinajstić information content (AvgIpc) is 2.23. The van der Waals surface area contributed by atoms with Crippen molar-refractivity contribution in [2.24, 2.45) is 5.92 Å². The average molecular weight is 201 g/mol. The van der Waals surface area contributed by atoms with Gasteiger partial charge in [-0.3, -0.25) is 4.79 Å². The minimum Gasteiger partial charge on any atom is -0.468 e.